The number of aryl methyl sites for hydroxylation is 2. The Morgan fingerprint density at radius 1 is 1.21 bits per heavy atom. The Morgan fingerprint density at radius 3 is 2.66 bits per heavy atom. The lowest BCUT2D eigenvalue weighted by Gasteiger charge is -2.33. The number of likely N-dealkylation sites (tertiary alicyclic amines) is 1. The third-order valence-corrected chi connectivity index (χ3v) is 5.85. The summed E-state index contributed by atoms with van der Waals surface area (Å²) in [5, 5.41) is 3.04. The van der Waals surface area contributed by atoms with Gasteiger partial charge in [-0.15, -0.1) is 0 Å². The Bertz CT molecular complexity index is 856. The molecule has 0 saturated carbocycles. The van der Waals surface area contributed by atoms with Crippen LogP contribution < -0.4 is 5.32 Å². The molecule has 1 aliphatic heterocycles. The summed E-state index contributed by atoms with van der Waals surface area (Å²) in [6.45, 7) is 8.22. The predicted molar refractivity (Wildman–Crippen MR) is 114 cm³/mol. The summed E-state index contributed by atoms with van der Waals surface area (Å²) in [7, 11) is 0. The van der Waals surface area contributed by atoms with E-state index in [9.17, 15) is 9.59 Å². The van der Waals surface area contributed by atoms with Crippen molar-refractivity contribution in [3.05, 3.63) is 58.5 Å². The van der Waals surface area contributed by atoms with E-state index >= 15 is 0 Å². The average molecular weight is 397 g/mol. The maximum Gasteiger partial charge on any atom is 0.220 e. The summed E-state index contributed by atoms with van der Waals surface area (Å²) >= 11 is 0. The Labute approximate surface area is 173 Å². The molecule has 2 heterocycles. The molecule has 1 aliphatic rings. The Morgan fingerprint density at radius 2 is 1.97 bits per heavy atom. The minimum Gasteiger partial charge on any atom is -0.466 e. The number of carbonyl (C=O) groups is 2. The summed E-state index contributed by atoms with van der Waals surface area (Å²) in [5.74, 6) is 1.28. The molecule has 1 N–H and O–H groups in total. The first-order valence-electron chi connectivity index (χ1n) is 10.6. The Kier molecular flexibility index (Phi) is 7.26. The van der Waals surface area contributed by atoms with E-state index in [0.29, 0.717) is 42.5 Å². The summed E-state index contributed by atoms with van der Waals surface area (Å²) in [5.41, 5.74) is 3.06. The molecule has 0 unspecified atom stereocenters. The minimum absolute atomic E-state index is 0.00966. The van der Waals surface area contributed by atoms with Crippen LogP contribution in [-0.2, 0) is 24.3 Å². The van der Waals surface area contributed by atoms with Crippen LogP contribution in [0.15, 0.2) is 34.7 Å². The zero-order valence-electron chi connectivity index (χ0n) is 17.8. The molecule has 1 aromatic heterocycles. The number of nitrogens with one attached hydrogen (secondary N) is 1. The van der Waals surface area contributed by atoms with Crippen molar-refractivity contribution in [3.63, 3.8) is 0 Å². The molecule has 1 fully saturated rings. The van der Waals surface area contributed by atoms with Gasteiger partial charge in [-0.3, -0.25) is 14.5 Å². The highest BCUT2D eigenvalue weighted by Crippen LogP contribution is 2.21. The van der Waals surface area contributed by atoms with Gasteiger partial charge < -0.3 is 9.73 Å². The van der Waals surface area contributed by atoms with Gasteiger partial charge >= 0.3 is 0 Å². The molecule has 1 aromatic carbocycles. The molecule has 1 atom stereocenters. The molecule has 2 aromatic rings. The number of ketones is 1. The van der Waals surface area contributed by atoms with Crippen LogP contribution in [-0.4, -0.2) is 29.2 Å². The van der Waals surface area contributed by atoms with Crippen molar-refractivity contribution in [1.29, 1.82) is 0 Å². The van der Waals surface area contributed by atoms with Gasteiger partial charge in [0, 0.05) is 32.0 Å². The molecule has 1 saturated heterocycles. The number of hydrogen-bond donors (Lipinski definition) is 1. The summed E-state index contributed by atoms with van der Waals surface area (Å²) < 4.78 is 5.60. The van der Waals surface area contributed by atoms with E-state index in [1.165, 1.54) is 37.3 Å². The SMILES string of the molecule is CC(=O)c1cc(CCC(=O)NCc2ccccc2CN2CCCC[C@@H]2C)oc1C. The van der Waals surface area contributed by atoms with Crippen molar-refractivity contribution < 1.29 is 14.0 Å². The second kappa shape index (κ2) is 9.88. The molecular formula is C24H32N2O3. The Balaban J connectivity index is 1.52. The van der Waals surface area contributed by atoms with Gasteiger partial charge in [-0.25, -0.2) is 0 Å². The molecule has 1 amide bonds. The van der Waals surface area contributed by atoms with Gasteiger partial charge in [0.1, 0.15) is 11.5 Å². The lowest BCUT2D eigenvalue weighted by Crippen LogP contribution is -2.37. The van der Waals surface area contributed by atoms with Crippen LogP contribution in [0.4, 0.5) is 0 Å². The van der Waals surface area contributed by atoms with Gasteiger partial charge in [0.25, 0.3) is 0 Å². The Hall–Kier alpha value is -2.40. The third kappa shape index (κ3) is 5.80. The van der Waals surface area contributed by atoms with Crippen LogP contribution in [0, 0.1) is 6.92 Å². The van der Waals surface area contributed by atoms with E-state index in [-0.39, 0.29) is 11.7 Å². The van der Waals surface area contributed by atoms with Gasteiger partial charge in [0.2, 0.25) is 5.91 Å². The van der Waals surface area contributed by atoms with Gasteiger partial charge in [-0.2, -0.15) is 0 Å². The van der Waals surface area contributed by atoms with Crippen LogP contribution in [0.3, 0.4) is 0 Å². The van der Waals surface area contributed by atoms with Crippen molar-refractivity contribution in [2.24, 2.45) is 0 Å². The lowest BCUT2D eigenvalue weighted by atomic mass is 10.0. The summed E-state index contributed by atoms with van der Waals surface area (Å²) in [6, 6.07) is 10.7. The zero-order chi connectivity index (χ0) is 20.8. The summed E-state index contributed by atoms with van der Waals surface area (Å²) in [4.78, 5) is 26.4. The maximum atomic E-state index is 12.3. The number of benzene rings is 1. The molecule has 0 bridgehead atoms. The van der Waals surface area contributed by atoms with Gasteiger partial charge in [-0.1, -0.05) is 30.7 Å². The molecule has 0 radical (unpaired) electrons. The predicted octanol–water partition coefficient (Wildman–Crippen LogP) is 4.41. The van der Waals surface area contributed by atoms with E-state index in [2.05, 4.69) is 35.3 Å². The molecule has 3 rings (SSSR count). The highest BCUT2D eigenvalue weighted by atomic mass is 16.3. The second-order valence-electron chi connectivity index (χ2n) is 8.10. The number of nitrogens with zero attached hydrogens (tertiary/aromatic N) is 1. The maximum absolute atomic E-state index is 12.3. The smallest absolute Gasteiger partial charge is 0.220 e. The number of carbonyl (C=O) groups excluding carboxylic acids is 2. The first-order valence-corrected chi connectivity index (χ1v) is 10.6. The highest BCUT2D eigenvalue weighted by molar-refractivity contribution is 5.95. The molecule has 156 valence electrons. The van der Waals surface area contributed by atoms with Crippen molar-refractivity contribution in [1.82, 2.24) is 10.2 Å². The molecule has 5 nitrogen and oxygen atoms in total. The first kappa shape index (κ1) is 21.3. The van der Waals surface area contributed by atoms with Crippen LogP contribution in [0.1, 0.15) is 72.5 Å². The van der Waals surface area contributed by atoms with Crippen LogP contribution >= 0.6 is 0 Å². The molecular weight excluding hydrogens is 364 g/mol. The molecule has 0 spiro atoms. The second-order valence-corrected chi connectivity index (χ2v) is 8.10. The van der Waals surface area contributed by atoms with Crippen molar-refractivity contribution in [2.45, 2.75) is 72.0 Å². The standard InChI is InChI=1S/C24H32N2O3/c1-17-8-6-7-13-26(17)16-21-10-5-4-9-20(21)15-25-24(28)12-11-22-14-23(18(2)27)19(3)29-22/h4-5,9-10,14,17H,6-8,11-13,15-16H2,1-3H3,(H,25,28)/t17-/m0/s1. The van der Waals surface area contributed by atoms with Crippen molar-refractivity contribution >= 4 is 11.7 Å². The third-order valence-electron chi connectivity index (χ3n) is 5.85. The fraction of sp³-hybridized carbons (Fsp3) is 0.500. The average Bonchev–Trinajstić information content (AvgIpc) is 3.08. The number of Topliss-reactive ketones (excluding diaryl/α,β-unsaturated/α-hetero) is 1. The largest absolute Gasteiger partial charge is 0.466 e. The van der Waals surface area contributed by atoms with E-state index < -0.39 is 0 Å². The van der Waals surface area contributed by atoms with E-state index in [1.54, 1.807) is 13.0 Å². The van der Waals surface area contributed by atoms with Crippen molar-refractivity contribution in [3.8, 4) is 0 Å². The van der Waals surface area contributed by atoms with E-state index in [4.69, 9.17) is 4.42 Å². The van der Waals surface area contributed by atoms with Crippen LogP contribution in [0.25, 0.3) is 0 Å². The quantitative estimate of drug-likeness (QED) is 0.671. The number of piperidine rings is 1. The van der Waals surface area contributed by atoms with Crippen molar-refractivity contribution in [2.75, 3.05) is 6.54 Å². The molecule has 0 aliphatic carbocycles. The lowest BCUT2D eigenvalue weighted by molar-refractivity contribution is -0.121. The molecule has 29 heavy (non-hydrogen) atoms. The molecule has 5 heteroatoms. The van der Waals surface area contributed by atoms with E-state index in [1.807, 2.05) is 6.07 Å². The number of furan rings is 1. The number of rotatable bonds is 8. The minimum atomic E-state index is -0.0124. The fourth-order valence-electron chi connectivity index (χ4n) is 4.03. The van der Waals surface area contributed by atoms with Gasteiger partial charge in [0.15, 0.2) is 5.78 Å². The van der Waals surface area contributed by atoms with E-state index in [0.717, 1.165) is 13.1 Å². The highest BCUT2D eigenvalue weighted by Gasteiger charge is 2.19. The zero-order valence-corrected chi connectivity index (χ0v) is 17.8. The summed E-state index contributed by atoms with van der Waals surface area (Å²) in [6.07, 6.45) is 4.68. The van der Waals surface area contributed by atoms with Crippen LogP contribution in [0.2, 0.25) is 0 Å². The fourth-order valence-corrected chi connectivity index (χ4v) is 4.03. The topological polar surface area (TPSA) is 62.6 Å². The van der Waals surface area contributed by atoms with Gasteiger partial charge in [0.05, 0.1) is 5.56 Å². The number of amides is 1. The number of hydrogen-bond acceptors (Lipinski definition) is 4. The van der Waals surface area contributed by atoms with Crippen LogP contribution in [0.5, 0.6) is 0 Å². The first-order chi connectivity index (χ1) is 13.9. The van der Waals surface area contributed by atoms with Gasteiger partial charge in [-0.05, 0) is 57.4 Å². The monoisotopic (exact) mass is 396 g/mol. The normalized spacial score (nSPS) is 17.3.